The Bertz CT molecular complexity index is 700. The van der Waals surface area contributed by atoms with Crippen molar-refractivity contribution in [3.8, 4) is 5.75 Å². The zero-order valence-corrected chi connectivity index (χ0v) is 14.1. The smallest absolute Gasteiger partial charge is 0.255 e. The van der Waals surface area contributed by atoms with Gasteiger partial charge in [0, 0.05) is 18.8 Å². The van der Waals surface area contributed by atoms with Crippen LogP contribution in [0, 0.1) is 0 Å². The molecule has 21 heavy (non-hydrogen) atoms. The number of Topliss-reactive ketones (excluding diaryl/α,β-unsaturated/α-hetero) is 1. The second-order valence-corrected chi connectivity index (χ2v) is 7.40. The highest BCUT2D eigenvalue weighted by molar-refractivity contribution is 7.12. The number of ether oxygens (including phenoxy) is 1. The van der Waals surface area contributed by atoms with Gasteiger partial charge in [-0.1, -0.05) is 34.8 Å². The number of aryl methyl sites for hydroxylation is 1. The number of carbonyl (C=O) groups is 2. The Hall–Kier alpha value is -1.01. The highest BCUT2D eigenvalue weighted by atomic mass is 35.6. The quantitative estimate of drug-likeness (QED) is 0.609. The summed E-state index contributed by atoms with van der Waals surface area (Å²) in [5.74, 6) is -0.448. The van der Waals surface area contributed by atoms with Crippen LogP contribution in [-0.4, -0.2) is 27.0 Å². The highest BCUT2D eigenvalue weighted by Gasteiger charge is 2.34. The third-order valence-corrected chi connectivity index (χ3v) is 4.22. The van der Waals surface area contributed by atoms with Crippen LogP contribution in [0.15, 0.2) is 23.7 Å². The second kappa shape index (κ2) is 6.01. The van der Waals surface area contributed by atoms with Crippen molar-refractivity contribution in [3.63, 3.8) is 0 Å². The van der Waals surface area contributed by atoms with Crippen LogP contribution in [0.3, 0.4) is 0 Å². The lowest BCUT2D eigenvalue weighted by Crippen LogP contribution is -2.21. The van der Waals surface area contributed by atoms with E-state index < -0.39 is 9.58 Å². The van der Waals surface area contributed by atoms with Gasteiger partial charge in [-0.15, -0.1) is 11.3 Å². The molecule has 0 saturated carbocycles. The normalized spacial score (nSPS) is 11.5. The van der Waals surface area contributed by atoms with E-state index in [9.17, 15) is 9.59 Å². The van der Waals surface area contributed by atoms with Gasteiger partial charge in [0.15, 0.2) is 0 Å². The molecular formula is C13H10Cl3NO3S. The molecule has 0 radical (unpaired) electrons. The molecule has 0 amide bonds. The number of alkyl halides is 3. The van der Waals surface area contributed by atoms with E-state index in [0.717, 1.165) is 0 Å². The van der Waals surface area contributed by atoms with E-state index in [-0.39, 0.29) is 11.5 Å². The van der Waals surface area contributed by atoms with E-state index in [1.807, 2.05) is 0 Å². The molecule has 112 valence electrons. The van der Waals surface area contributed by atoms with Crippen LogP contribution in [0.1, 0.15) is 25.7 Å². The zero-order chi connectivity index (χ0) is 15.8. The van der Waals surface area contributed by atoms with Gasteiger partial charge in [0.2, 0.25) is 11.6 Å². The third-order valence-electron chi connectivity index (χ3n) is 2.81. The molecular weight excluding hydrogens is 357 g/mol. The number of hydrogen-bond donors (Lipinski definition) is 0. The predicted octanol–water partition coefficient (Wildman–Crippen LogP) is 3.88. The van der Waals surface area contributed by atoms with Gasteiger partial charge >= 0.3 is 0 Å². The number of thiophene rings is 1. The lowest BCUT2D eigenvalue weighted by Gasteiger charge is -2.09. The summed E-state index contributed by atoms with van der Waals surface area (Å²) >= 11 is 18.0. The molecule has 0 aromatic carbocycles. The van der Waals surface area contributed by atoms with Gasteiger partial charge in [0.25, 0.3) is 3.79 Å². The van der Waals surface area contributed by atoms with Crippen LogP contribution >= 0.6 is 46.1 Å². The lowest BCUT2D eigenvalue weighted by atomic mass is 10.1. The molecule has 0 fully saturated rings. The van der Waals surface area contributed by atoms with Crippen molar-refractivity contribution in [2.24, 2.45) is 7.05 Å². The van der Waals surface area contributed by atoms with Crippen molar-refractivity contribution >= 4 is 57.7 Å². The van der Waals surface area contributed by atoms with Gasteiger partial charge in [0.1, 0.15) is 10.6 Å². The summed E-state index contributed by atoms with van der Waals surface area (Å²) in [5, 5.41) is 1.75. The minimum atomic E-state index is -2.06. The van der Waals surface area contributed by atoms with Crippen molar-refractivity contribution in [2.45, 2.75) is 3.79 Å². The summed E-state index contributed by atoms with van der Waals surface area (Å²) in [7, 11) is 3.09. The van der Waals surface area contributed by atoms with Crippen molar-refractivity contribution in [3.05, 3.63) is 39.8 Å². The van der Waals surface area contributed by atoms with Crippen LogP contribution in [0.4, 0.5) is 0 Å². The molecule has 0 aliphatic rings. The Morgan fingerprint density at radius 2 is 2.00 bits per heavy atom. The molecule has 0 bridgehead atoms. The molecule has 0 N–H and O–H groups in total. The topological polar surface area (TPSA) is 48.3 Å². The number of hydrogen-bond acceptors (Lipinski definition) is 4. The highest BCUT2D eigenvalue weighted by Crippen LogP contribution is 2.32. The molecule has 0 aliphatic heterocycles. The number of nitrogens with zero attached hydrogens (tertiary/aromatic N) is 1. The lowest BCUT2D eigenvalue weighted by molar-refractivity contribution is 0.0988. The maximum Gasteiger partial charge on any atom is 0.255 e. The number of halogens is 3. The first-order chi connectivity index (χ1) is 9.75. The molecule has 8 heteroatoms. The Morgan fingerprint density at radius 1 is 1.33 bits per heavy atom. The molecule has 4 nitrogen and oxygen atoms in total. The molecule has 0 aliphatic carbocycles. The van der Waals surface area contributed by atoms with E-state index in [2.05, 4.69) is 0 Å². The first-order valence-corrected chi connectivity index (χ1v) is 7.71. The Labute approximate surface area is 140 Å². The number of aromatic nitrogens is 1. The summed E-state index contributed by atoms with van der Waals surface area (Å²) in [4.78, 5) is 24.9. The summed E-state index contributed by atoms with van der Waals surface area (Å²) in [5.41, 5.74) is 0.477. The van der Waals surface area contributed by atoms with E-state index in [1.54, 1.807) is 18.5 Å². The van der Waals surface area contributed by atoms with Gasteiger partial charge < -0.3 is 9.30 Å². The van der Waals surface area contributed by atoms with Gasteiger partial charge in [0.05, 0.1) is 12.8 Å². The molecule has 2 rings (SSSR count). The van der Waals surface area contributed by atoms with Crippen LogP contribution < -0.4 is 4.74 Å². The average Bonchev–Trinajstić information content (AvgIpc) is 3.01. The van der Waals surface area contributed by atoms with Gasteiger partial charge in [-0.3, -0.25) is 9.59 Å². The summed E-state index contributed by atoms with van der Waals surface area (Å²) in [6.45, 7) is 0. The van der Waals surface area contributed by atoms with Crippen molar-refractivity contribution in [1.82, 2.24) is 4.57 Å². The fourth-order valence-electron chi connectivity index (χ4n) is 1.81. The largest absolute Gasteiger partial charge is 0.495 e. The minimum absolute atomic E-state index is 0.147. The van der Waals surface area contributed by atoms with Gasteiger partial charge in [-0.2, -0.15) is 0 Å². The van der Waals surface area contributed by atoms with Crippen LogP contribution in [-0.2, 0) is 7.05 Å². The molecule has 0 spiro atoms. The number of rotatable bonds is 4. The van der Waals surface area contributed by atoms with E-state index in [1.165, 1.54) is 35.3 Å². The molecule has 2 aromatic rings. The molecule has 0 atom stereocenters. The van der Waals surface area contributed by atoms with E-state index in [0.29, 0.717) is 16.2 Å². The SMILES string of the molecule is COc1ccsc1C(=O)c1cc(C(=O)C(Cl)(Cl)Cl)n(C)c1. The monoisotopic (exact) mass is 365 g/mol. The third kappa shape index (κ3) is 3.26. The van der Waals surface area contributed by atoms with Crippen molar-refractivity contribution < 1.29 is 14.3 Å². The fraction of sp³-hybridized carbons (Fsp3) is 0.231. The van der Waals surface area contributed by atoms with Crippen LogP contribution in [0.2, 0.25) is 0 Å². The Balaban J connectivity index is 2.39. The molecule has 2 aromatic heterocycles. The second-order valence-electron chi connectivity index (χ2n) is 4.20. The number of carbonyl (C=O) groups excluding carboxylic acids is 2. The van der Waals surface area contributed by atoms with Crippen LogP contribution in [0.5, 0.6) is 5.75 Å². The summed E-state index contributed by atoms with van der Waals surface area (Å²) in [6.07, 6.45) is 1.52. The predicted molar refractivity (Wildman–Crippen MR) is 84.3 cm³/mol. The van der Waals surface area contributed by atoms with Crippen molar-refractivity contribution in [1.29, 1.82) is 0 Å². The summed E-state index contributed by atoms with van der Waals surface area (Å²) in [6, 6.07) is 3.11. The zero-order valence-electron chi connectivity index (χ0n) is 11.0. The number of ketones is 2. The standard InChI is InChI=1S/C13H10Cl3NO3S/c1-17-6-7(5-8(17)12(19)13(14,15)16)10(18)11-9(20-2)3-4-21-11/h3-6H,1-2H3. The van der Waals surface area contributed by atoms with Gasteiger partial charge in [-0.05, 0) is 17.5 Å². The van der Waals surface area contributed by atoms with E-state index >= 15 is 0 Å². The Morgan fingerprint density at radius 3 is 2.57 bits per heavy atom. The molecule has 0 saturated heterocycles. The number of methoxy groups -OCH3 is 1. The van der Waals surface area contributed by atoms with E-state index in [4.69, 9.17) is 39.5 Å². The maximum atomic E-state index is 12.4. The fourth-order valence-corrected chi connectivity index (χ4v) is 2.93. The first kappa shape index (κ1) is 16.4. The van der Waals surface area contributed by atoms with Crippen LogP contribution in [0.25, 0.3) is 0 Å². The Kier molecular flexibility index (Phi) is 4.68. The summed E-state index contributed by atoms with van der Waals surface area (Å²) < 4.78 is 4.51. The first-order valence-electron chi connectivity index (χ1n) is 5.69. The minimum Gasteiger partial charge on any atom is -0.495 e. The average molecular weight is 367 g/mol. The van der Waals surface area contributed by atoms with Crippen molar-refractivity contribution in [2.75, 3.05) is 7.11 Å². The van der Waals surface area contributed by atoms with Gasteiger partial charge in [-0.25, -0.2) is 0 Å². The molecule has 2 heterocycles. The maximum absolute atomic E-state index is 12.4. The molecule has 0 unspecified atom stereocenters.